The van der Waals surface area contributed by atoms with Gasteiger partial charge in [-0.25, -0.2) is 18.4 Å². The first kappa shape index (κ1) is 22.2. The van der Waals surface area contributed by atoms with Crippen molar-refractivity contribution in [3.05, 3.63) is 105 Å². The van der Waals surface area contributed by atoms with E-state index in [0.717, 1.165) is 0 Å². The van der Waals surface area contributed by atoms with E-state index in [1.54, 1.807) is 72.5 Å². The van der Waals surface area contributed by atoms with Crippen LogP contribution in [0, 0.1) is 21.7 Å². The molecule has 0 fully saturated rings. The highest BCUT2D eigenvalue weighted by Crippen LogP contribution is 2.35. The molecule has 0 saturated heterocycles. The number of nitro benzene ring substituents is 1. The number of hydrogen-bond donors (Lipinski definition) is 0. The van der Waals surface area contributed by atoms with Gasteiger partial charge in [-0.2, -0.15) is 5.10 Å². The van der Waals surface area contributed by atoms with Crippen LogP contribution in [0.1, 0.15) is 16.7 Å². The molecule has 168 valence electrons. The van der Waals surface area contributed by atoms with Gasteiger partial charge in [-0.1, -0.05) is 12.1 Å². The molecule has 0 amide bonds. The van der Waals surface area contributed by atoms with Crippen molar-refractivity contribution in [1.82, 2.24) is 19.7 Å². The van der Waals surface area contributed by atoms with Gasteiger partial charge in [0.15, 0.2) is 5.82 Å². The van der Waals surface area contributed by atoms with E-state index in [9.17, 15) is 18.9 Å². The molecule has 9 heteroatoms. The Morgan fingerprint density at radius 3 is 2.42 bits per heavy atom. The van der Waals surface area contributed by atoms with Gasteiger partial charge < -0.3 is 4.90 Å². The van der Waals surface area contributed by atoms with Crippen molar-refractivity contribution in [2.75, 3.05) is 14.1 Å². The number of benzene rings is 2. The summed E-state index contributed by atoms with van der Waals surface area (Å²) in [6.07, 6.45) is 3.27. The highest BCUT2D eigenvalue weighted by molar-refractivity contribution is 5.74. The lowest BCUT2D eigenvalue weighted by atomic mass is 9.95. The van der Waals surface area contributed by atoms with Gasteiger partial charge in [-0.3, -0.25) is 10.1 Å². The minimum atomic E-state index is -0.664. The Balaban J connectivity index is 1.90. The second-order valence-electron chi connectivity index (χ2n) is 7.85. The highest BCUT2D eigenvalue weighted by atomic mass is 19.1. The van der Waals surface area contributed by atoms with Gasteiger partial charge >= 0.3 is 0 Å². The average molecular weight is 449 g/mol. The molecule has 2 aromatic heterocycles. The zero-order chi connectivity index (χ0) is 23.5. The highest BCUT2D eigenvalue weighted by Gasteiger charge is 2.24. The molecule has 0 radical (unpaired) electrons. The standard InChI is InChI=1S/C24H21F2N5O2/c1-29(2)15-17-12-16(13-18-20(25)6-3-7-21(18)26)14-19(24(17)31(32)33)22-8-4-9-23(28-22)30-11-5-10-27-30/h3-12,14H,13,15H2,1-2H3. The molecule has 0 unspecified atom stereocenters. The van der Waals surface area contributed by atoms with Crippen molar-refractivity contribution in [3.63, 3.8) is 0 Å². The number of hydrogen-bond acceptors (Lipinski definition) is 5. The van der Waals surface area contributed by atoms with Crippen LogP contribution in [0.2, 0.25) is 0 Å². The summed E-state index contributed by atoms with van der Waals surface area (Å²) in [4.78, 5) is 18.0. The van der Waals surface area contributed by atoms with Gasteiger partial charge in [-0.15, -0.1) is 0 Å². The van der Waals surface area contributed by atoms with Crippen LogP contribution in [0.25, 0.3) is 17.1 Å². The van der Waals surface area contributed by atoms with E-state index in [-0.39, 0.29) is 29.8 Å². The zero-order valence-electron chi connectivity index (χ0n) is 18.1. The van der Waals surface area contributed by atoms with E-state index in [0.29, 0.717) is 22.6 Å². The molecule has 4 aromatic rings. The number of pyridine rings is 1. The fourth-order valence-electron chi connectivity index (χ4n) is 3.75. The van der Waals surface area contributed by atoms with Crippen LogP contribution in [0.3, 0.4) is 0 Å². The normalized spacial score (nSPS) is 11.2. The second kappa shape index (κ2) is 9.25. The van der Waals surface area contributed by atoms with Gasteiger partial charge in [0.05, 0.1) is 16.2 Å². The second-order valence-corrected chi connectivity index (χ2v) is 7.85. The van der Waals surface area contributed by atoms with Gasteiger partial charge in [-0.05, 0) is 62.1 Å². The Bertz CT molecular complexity index is 1290. The monoisotopic (exact) mass is 449 g/mol. The van der Waals surface area contributed by atoms with E-state index >= 15 is 0 Å². The molecule has 0 saturated carbocycles. The lowest BCUT2D eigenvalue weighted by molar-refractivity contribution is -0.385. The van der Waals surface area contributed by atoms with Crippen LogP contribution >= 0.6 is 0 Å². The first-order chi connectivity index (χ1) is 15.8. The van der Waals surface area contributed by atoms with Crippen LogP contribution in [0.15, 0.2) is 67.0 Å². The van der Waals surface area contributed by atoms with Gasteiger partial charge in [0.1, 0.15) is 11.6 Å². The zero-order valence-corrected chi connectivity index (χ0v) is 18.1. The molecule has 0 N–H and O–H groups in total. The Morgan fingerprint density at radius 2 is 1.79 bits per heavy atom. The third-order valence-electron chi connectivity index (χ3n) is 5.11. The maximum absolute atomic E-state index is 14.3. The van der Waals surface area contributed by atoms with Crippen molar-refractivity contribution in [2.45, 2.75) is 13.0 Å². The molecular formula is C24H21F2N5O2. The maximum atomic E-state index is 14.3. The van der Waals surface area contributed by atoms with Crippen molar-refractivity contribution >= 4 is 5.69 Å². The van der Waals surface area contributed by atoms with E-state index in [1.807, 2.05) is 0 Å². The summed E-state index contributed by atoms with van der Waals surface area (Å²) in [5.74, 6) is -0.836. The van der Waals surface area contributed by atoms with Crippen LogP contribution in [0.5, 0.6) is 0 Å². The van der Waals surface area contributed by atoms with Gasteiger partial charge in [0.2, 0.25) is 0 Å². The Kier molecular flexibility index (Phi) is 6.23. The molecule has 0 spiro atoms. The van der Waals surface area contributed by atoms with E-state index < -0.39 is 16.6 Å². The summed E-state index contributed by atoms with van der Waals surface area (Å²) < 4.78 is 30.2. The lowest BCUT2D eigenvalue weighted by Gasteiger charge is -2.15. The smallest absolute Gasteiger partial charge is 0.283 e. The SMILES string of the molecule is CN(C)Cc1cc(Cc2c(F)cccc2F)cc(-c2cccc(-n3cccn3)n2)c1[N+](=O)[O-]. The lowest BCUT2D eigenvalue weighted by Crippen LogP contribution is -2.13. The van der Waals surface area contributed by atoms with Gasteiger partial charge in [0.25, 0.3) is 5.69 Å². The Morgan fingerprint density at radius 1 is 1.06 bits per heavy atom. The molecule has 33 heavy (non-hydrogen) atoms. The summed E-state index contributed by atoms with van der Waals surface area (Å²) in [6.45, 7) is 0.274. The molecule has 4 rings (SSSR count). The molecule has 0 aliphatic carbocycles. The topological polar surface area (TPSA) is 77.1 Å². The van der Waals surface area contributed by atoms with E-state index in [1.165, 1.54) is 18.2 Å². The van der Waals surface area contributed by atoms with Crippen molar-refractivity contribution < 1.29 is 13.7 Å². The molecule has 0 aliphatic rings. The molecular weight excluding hydrogens is 428 g/mol. The summed E-state index contributed by atoms with van der Waals surface area (Å²) in [7, 11) is 3.59. The number of halogens is 2. The largest absolute Gasteiger partial charge is 0.305 e. The molecule has 7 nitrogen and oxygen atoms in total. The fourth-order valence-corrected chi connectivity index (χ4v) is 3.75. The van der Waals surface area contributed by atoms with Crippen molar-refractivity contribution in [3.8, 4) is 17.1 Å². The first-order valence-electron chi connectivity index (χ1n) is 10.2. The first-order valence-corrected chi connectivity index (χ1v) is 10.2. The maximum Gasteiger partial charge on any atom is 0.283 e. The number of nitro groups is 1. The minimum Gasteiger partial charge on any atom is -0.305 e. The number of rotatable bonds is 7. The molecule has 2 heterocycles. The molecule has 0 aliphatic heterocycles. The number of nitrogens with zero attached hydrogens (tertiary/aromatic N) is 5. The average Bonchev–Trinajstić information content (AvgIpc) is 3.30. The summed E-state index contributed by atoms with van der Waals surface area (Å²) >= 11 is 0. The third-order valence-corrected chi connectivity index (χ3v) is 5.11. The number of aromatic nitrogens is 3. The van der Waals surface area contributed by atoms with E-state index in [2.05, 4.69) is 10.1 Å². The quantitative estimate of drug-likeness (QED) is 0.300. The predicted molar refractivity (Wildman–Crippen MR) is 120 cm³/mol. The Hall–Kier alpha value is -3.98. The third kappa shape index (κ3) is 4.78. The minimum absolute atomic E-state index is 0.0528. The summed E-state index contributed by atoms with van der Waals surface area (Å²) in [5, 5.41) is 16.3. The fraction of sp³-hybridized carbons (Fsp3) is 0.167. The molecule has 0 atom stereocenters. The Labute approximate surface area is 189 Å². The summed E-state index contributed by atoms with van der Waals surface area (Å²) in [6, 6.07) is 13.8. The van der Waals surface area contributed by atoms with E-state index in [4.69, 9.17) is 0 Å². The van der Waals surface area contributed by atoms with Crippen molar-refractivity contribution in [1.29, 1.82) is 0 Å². The van der Waals surface area contributed by atoms with Crippen LogP contribution in [0.4, 0.5) is 14.5 Å². The van der Waals surface area contributed by atoms with Crippen LogP contribution in [-0.2, 0) is 13.0 Å². The van der Waals surface area contributed by atoms with Crippen LogP contribution in [-0.4, -0.2) is 38.7 Å². The van der Waals surface area contributed by atoms with Gasteiger partial charge in [0, 0.05) is 36.5 Å². The van der Waals surface area contributed by atoms with Crippen molar-refractivity contribution in [2.24, 2.45) is 0 Å². The molecule has 0 bridgehead atoms. The predicted octanol–water partition coefficient (Wildman–Crippen LogP) is 4.77. The molecule has 2 aromatic carbocycles. The van der Waals surface area contributed by atoms with Crippen LogP contribution < -0.4 is 0 Å². The summed E-state index contributed by atoms with van der Waals surface area (Å²) in [5.41, 5.74) is 1.44.